The van der Waals surface area contributed by atoms with E-state index in [4.69, 9.17) is 0 Å². The number of aliphatic hydroxyl groups excluding tert-OH is 2. The van der Waals surface area contributed by atoms with Gasteiger partial charge in [-0.3, -0.25) is 9.59 Å². The Kier molecular flexibility index (Phi) is 23.8. The van der Waals surface area contributed by atoms with E-state index in [-0.39, 0.29) is 12.8 Å². The zero-order chi connectivity index (χ0) is 27.8. The molecule has 0 radical (unpaired) electrons. The molecule has 37 heavy (non-hydrogen) atoms. The predicted molar refractivity (Wildman–Crippen MR) is 155 cm³/mol. The largest absolute Gasteiger partial charge is 0.391 e. The molecule has 0 aromatic rings. The van der Waals surface area contributed by atoms with Crippen molar-refractivity contribution in [1.82, 2.24) is 0 Å². The van der Waals surface area contributed by atoms with Crippen molar-refractivity contribution in [3.8, 4) is 0 Å². The molecule has 0 saturated heterocycles. The van der Waals surface area contributed by atoms with Gasteiger partial charge < -0.3 is 15.3 Å². The van der Waals surface area contributed by atoms with Gasteiger partial charge in [-0.05, 0) is 19.8 Å². The van der Waals surface area contributed by atoms with Crippen LogP contribution in [0.3, 0.4) is 0 Å². The third-order valence-electron chi connectivity index (χ3n) is 7.75. The van der Waals surface area contributed by atoms with Crippen molar-refractivity contribution in [3.05, 3.63) is 0 Å². The molecule has 0 saturated carbocycles. The van der Waals surface area contributed by atoms with Gasteiger partial charge in [0.1, 0.15) is 6.10 Å². The van der Waals surface area contributed by atoms with Crippen LogP contribution >= 0.6 is 0 Å². The van der Waals surface area contributed by atoms with Crippen LogP contribution in [-0.2, 0) is 9.59 Å². The first kappa shape index (κ1) is 36.2. The van der Waals surface area contributed by atoms with Crippen molar-refractivity contribution in [2.75, 3.05) is 0 Å². The summed E-state index contributed by atoms with van der Waals surface area (Å²) >= 11 is 0. The maximum absolute atomic E-state index is 12.9. The summed E-state index contributed by atoms with van der Waals surface area (Å²) in [6.07, 6.45) is 22.3. The third kappa shape index (κ3) is 17.4. The van der Waals surface area contributed by atoms with Crippen LogP contribution in [0.25, 0.3) is 0 Å². The molecular weight excluding hydrogens is 464 g/mol. The van der Waals surface area contributed by atoms with Crippen LogP contribution < -0.4 is 0 Å². The van der Waals surface area contributed by atoms with Crippen LogP contribution in [0.2, 0.25) is 0 Å². The van der Waals surface area contributed by atoms with E-state index in [0.29, 0.717) is 12.8 Å². The van der Waals surface area contributed by atoms with Crippen molar-refractivity contribution in [2.45, 2.75) is 193 Å². The highest BCUT2D eigenvalue weighted by Crippen LogP contribution is 2.24. The van der Waals surface area contributed by atoms with Gasteiger partial charge in [0.25, 0.3) is 0 Å². The van der Waals surface area contributed by atoms with E-state index in [1.54, 1.807) is 0 Å². The van der Waals surface area contributed by atoms with Crippen LogP contribution in [0.5, 0.6) is 0 Å². The lowest BCUT2D eigenvalue weighted by molar-refractivity contribution is -0.171. The standard InChI is InChI=1S/C32H62O5/c1-4-6-8-10-12-14-16-18-20-22-24-26-29(34)32(37,31(36)28(3)33)30(35)27-25-23-21-19-17-15-13-11-9-7-5-2/h28,31,33,36-37H,4-27H2,1-3H3. The fraction of sp³-hybridized carbons (Fsp3) is 0.938. The summed E-state index contributed by atoms with van der Waals surface area (Å²) in [5.74, 6) is -1.30. The molecule has 0 aromatic heterocycles. The Morgan fingerprint density at radius 1 is 0.514 bits per heavy atom. The molecule has 0 bridgehead atoms. The Bertz CT molecular complexity index is 507. The number of carbonyl (C=O) groups is 2. The minimum atomic E-state index is -2.49. The van der Waals surface area contributed by atoms with Crippen molar-refractivity contribution in [2.24, 2.45) is 0 Å². The summed E-state index contributed by atoms with van der Waals surface area (Å²) in [5, 5.41) is 31.3. The average Bonchev–Trinajstić information content (AvgIpc) is 2.88. The number of carbonyl (C=O) groups excluding carboxylic acids is 2. The second-order valence-corrected chi connectivity index (χ2v) is 11.4. The lowest BCUT2D eigenvalue weighted by Crippen LogP contribution is -2.59. The maximum atomic E-state index is 12.9. The second kappa shape index (κ2) is 24.3. The highest BCUT2D eigenvalue weighted by Gasteiger charge is 2.50. The molecule has 0 aliphatic heterocycles. The number of ketones is 2. The normalized spacial score (nSPS) is 13.6. The summed E-state index contributed by atoms with van der Waals surface area (Å²) < 4.78 is 0. The maximum Gasteiger partial charge on any atom is 0.209 e. The Balaban J connectivity index is 4.23. The minimum absolute atomic E-state index is 0.0568. The topological polar surface area (TPSA) is 94.8 Å². The molecule has 0 spiro atoms. The Labute approximate surface area is 229 Å². The summed E-state index contributed by atoms with van der Waals surface area (Å²) in [5.41, 5.74) is -2.49. The third-order valence-corrected chi connectivity index (χ3v) is 7.75. The lowest BCUT2D eigenvalue weighted by atomic mass is 9.80. The predicted octanol–water partition coefficient (Wildman–Crippen LogP) is 8.00. The van der Waals surface area contributed by atoms with E-state index in [0.717, 1.165) is 38.5 Å². The van der Waals surface area contributed by atoms with E-state index >= 15 is 0 Å². The first-order valence-electron chi connectivity index (χ1n) is 16.0. The zero-order valence-corrected chi connectivity index (χ0v) is 24.8. The number of aliphatic hydroxyl groups is 3. The second-order valence-electron chi connectivity index (χ2n) is 11.4. The molecule has 0 fully saturated rings. The molecule has 2 atom stereocenters. The molecule has 5 nitrogen and oxygen atoms in total. The van der Waals surface area contributed by atoms with Gasteiger partial charge in [-0.25, -0.2) is 0 Å². The Hall–Kier alpha value is -0.780. The summed E-state index contributed by atoms with van der Waals surface area (Å²) in [6.45, 7) is 5.76. The summed E-state index contributed by atoms with van der Waals surface area (Å²) in [6, 6.07) is 0. The van der Waals surface area contributed by atoms with Gasteiger partial charge >= 0.3 is 0 Å². The summed E-state index contributed by atoms with van der Waals surface area (Å²) in [4.78, 5) is 25.7. The average molecular weight is 527 g/mol. The molecule has 0 aliphatic rings. The Morgan fingerprint density at radius 3 is 1.00 bits per heavy atom. The fourth-order valence-corrected chi connectivity index (χ4v) is 5.12. The fourth-order valence-electron chi connectivity index (χ4n) is 5.12. The number of hydrogen-bond acceptors (Lipinski definition) is 5. The van der Waals surface area contributed by atoms with Crippen LogP contribution in [0, 0.1) is 0 Å². The van der Waals surface area contributed by atoms with E-state index in [1.165, 1.54) is 96.8 Å². The van der Waals surface area contributed by atoms with Gasteiger partial charge in [0.2, 0.25) is 5.60 Å². The molecule has 5 heteroatoms. The number of Topliss-reactive ketones (excluding diaryl/α,β-unsaturated/α-hetero) is 2. The van der Waals surface area contributed by atoms with Crippen LogP contribution in [0.1, 0.15) is 175 Å². The molecule has 0 aliphatic carbocycles. The van der Waals surface area contributed by atoms with Crippen molar-refractivity contribution < 1.29 is 24.9 Å². The highest BCUT2D eigenvalue weighted by atomic mass is 16.4. The molecule has 0 amide bonds. The number of hydrogen-bond donors (Lipinski definition) is 3. The summed E-state index contributed by atoms with van der Waals surface area (Å²) in [7, 11) is 0. The first-order valence-corrected chi connectivity index (χ1v) is 16.0. The first-order chi connectivity index (χ1) is 17.8. The van der Waals surface area contributed by atoms with E-state index in [2.05, 4.69) is 13.8 Å². The van der Waals surface area contributed by atoms with Gasteiger partial charge in [-0.1, -0.05) is 142 Å². The highest BCUT2D eigenvalue weighted by molar-refractivity contribution is 6.10. The monoisotopic (exact) mass is 526 g/mol. The number of rotatable bonds is 28. The molecule has 0 heterocycles. The van der Waals surface area contributed by atoms with E-state index in [1.807, 2.05) is 0 Å². The quantitative estimate of drug-likeness (QED) is 0.0709. The molecular formula is C32H62O5. The molecule has 0 aromatic carbocycles. The minimum Gasteiger partial charge on any atom is -0.391 e. The van der Waals surface area contributed by atoms with E-state index in [9.17, 15) is 24.9 Å². The van der Waals surface area contributed by atoms with Crippen LogP contribution in [0.4, 0.5) is 0 Å². The van der Waals surface area contributed by atoms with Crippen LogP contribution in [0.15, 0.2) is 0 Å². The van der Waals surface area contributed by atoms with Gasteiger partial charge in [-0.2, -0.15) is 0 Å². The van der Waals surface area contributed by atoms with Crippen molar-refractivity contribution >= 4 is 11.6 Å². The molecule has 0 rings (SSSR count). The zero-order valence-electron chi connectivity index (χ0n) is 24.8. The molecule has 220 valence electrons. The Morgan fingerprint density at radius 2 is 0.757 bits per heavy atom. The smallest absolute Gasteiger partial charge is 0.209 e. The van der Waals surface area contributed by atoms with Gasteiger partial charge in [0.05, 0.1) is 6.10 Å². The van der Waals surface area contributed by atoms with Crippen LogP contribution in [-0.4, -0.2) is 44.7 Å². The molecule has 3 N–H and O–H groups in total. The van der Waals surface area contributed by atoms with E-state index < -0.39 is 29.4 Å². The molecule has 2 unspecified atom stereocenters. The van der Waals surface area contributed by atoms with Gasteiger partial charge in [0.15, 0.2) is 11.6 Å². The van der Waals surface area contributed by atoms with Crippen molar-refractivity contribution in [3.63, 3.8) is 0 Å². The van der Waals surface area contributed by atoms with Gasteiger partial charge in [0, 0.05) is 12.8 Å². The van der Waals surface area contributed by atoms with Crippen molar-refractivity contribution in [1.29, 1.82) is 0 Å². The lowest BCUT2D eigenvalue weighted by Gasteiger charge is -2.32. The number of unbranched alkanes of at least 4 members (excludes halogenated alkanes) is 20. The SMILES string of the molecule is CCCCCCCCCCCCCC(=O)C(O)(C(=O)CCCCCCCCCCCCC)C(O)C(C)O. The van der Waals surface area contributed by atoms with Gasteiger partial charge in [-0.15, -0.1) is 0 Å².